The first kappa shape index (κ1) is 30.0. The normalized spacial score (nSPS) is 16.1. The molecule has 9 nitrogen and oxygen atoms in total. The third-order valence-corrected chi connectivity index (χ3v) is 5.80. The molecule has 3 unspecified atom stereocenters. The molecule has 0 aliphatic carbocycles. The summed E-state index contributed by atoms with van der Waals surface area (Å²) in [6, 6.07) is 0. The molecule has 11 heteroatoms. The molecule has 0 aromatic heterocycles. The quantitative estimate of drug-likeness (QED) is 0.141. The van der Waals surface area contributed by atoms with Crippen LogP contribution >= 0.6 is 0 Å². The fourth-order valence-corrected chi connectivity index (χ4v) is 4.13. The summed E-state index contributed by atoms with van der Waals surface area (Å²) in [5.41, 5.74) is -1.66. The Hall–Kier alpha value is -1.20. The predicted octanol–water partition coefficient (Wildman–Crippen LogP) is 1.30. The van der Waals surface area contributed by atoms with Gasteiger partial charge in [-0.05, 0) is 33.6 Å². The van der Waals surface area contributed by atoms with Gasteiger partial charge in [-0.2, -0.15) is 8.42 Å². The minimum atomic E-state index is -4.75. The predicted molar refractivity (Wildman–Crippen MR) is 108 cm³/mol. The van der Waals surface area contributed by atoms with Crippen molar-refractivity contribution in [1.29, 1.82) is 0 Å². The van der Waals surface area contributed by atoms with Crippen molar-refractivity contribution in [3.8, 4) is 0 Å². The number of esters is 2. The summed E-state index contributed by atoms with van der Waals surface area (Å²) in [4.78, 5) is 34.1. The van der Waals surface area contributed by atoms with Crippen molar-refractivity contribution in [2.24, 2.45) is 5.41 Å². The zero-order chi connectivity index (χ0) is 22.1. The van der Waals surface area contributed by atoms with Crippen LogP contribution in [-0.4, -0.2) is 83.0 Å². The molecule has 0 spiro atoms. The van der Waals surface area contributed by atoms with Gasteiger partial charge in [0.05, 0.1) is 10.7 Å². The van der Waals surface area contributed by atoms with E-state index in [9.17, 15) is 27.4 Å². The Labute approximate surface area is 193 Å². The van der Waals surface area contributed by atoms with Gasteiger partial charge in [-0.3, -0.25) is 9.35 Å². The summed E-state index contributed by atoms with van der Waals surface area (Å²) in [6.07, 6.45) is -0.495. The maximum atomic E-state index is 11.9. The first-order valence-electron chi connectivity index (χ1n) is 8.50. The van der Waals surface area contributed by atoms with Gasteiger partial charge in [0.15, 0.2) is 0 Å². The molecule has 0 aromatic carbocycles. The van der Waals surface area contributed by atoms with Crippen LogP contribution in [0.2, 0.25) is 0 Å². The van der Waals surface area contributed by atoms with E-state index in [2.05, 4.69) is 20.1 Å². The molecule has 2 N–H and O–H groups in total. The maximum absolute atomic E-state index is 11.9. The van der Waals surface area contributed by atoms with E-state index in [1.54, 1.807) is 0 Å². The molecule has 0 bridgehead atoms. The van der Waals surface area contributed by atoms with Gasteiger partial charge in [0.2, 0.25) is 0 Å². The Kier molecular flexibility index (Phi) is 13.6. The van der Waals surface area contributed by atoms with Gasteiger partial charge < -0.3 is 14.6 Å². The molecule has 0 saturated heterocycles. The van der Waals surface area contributed by atoms with Gasteiger partial charge in [-0.15, -0.1) is 0 Å². The zero-order valence-electron chi connectivity index (χ0n) is 16.0. The molecular weight excluding hydrogens is 415 g/mol. The number of ether oxygens (including phenoxy) is 2. The first-order valence-corrected chi connectivity index (χ1v) is 10.0. The van der Waals surface area contributed by atoms with Crippen LogP contribution in [0.25, 0.3) is 0 Å². The molecule has 29 heavy (non-hydrogen) atoms. The van der Waals surface area contributed by atoms with Crippen molar-refractivity contribution in [1.82, 2.24) is 0 Å². The van der Waals surface area contributed by atoms with Crippen LogP contribution in [0, 0.1) is 12.3 Å². The third kappa shape index (κ3) is 9.00. The molecule has 0 amide bonds. The number of carboxylic acid groups (broad SMARTS) is 1. The van der Waals surface area contributed by atoms with E-state index in [1.807, 2.05) is 0 Å². The fourth-order valence-electron chi connectivity index (χ4n) is 3.07. The summed E-state index contributed by atoms with van der Waals surface area (Å²) in [5.74, 6) is -2.75. The molecule has 1 radical (unpaired) electrons. The van der Waals surface area contributed by atoms with E-state index in [0.29, 0.717) is 0 Å². The van der Waals surface area contributed by atoms with Crippen molar-refractivity contribution in [2.45, 2.75) is 57.0 Å². The van der Waals surface area contributed by atoms with Crippen LogP contribution in [-0.2, 0) is 34.0 Å². The van der Waals surface area contributed by atoms with E-state index in [0.717, 1.165) is 12.2 Å². The zero-order valence-corrected chi connectivity index (χ0v) is 16.8. The van der Waals surface area contributed by atoms with Gasteiger partial charge in [-0.25, -0.2) is 9.59 Å². The Morgan fingerprint density at radius 3 is 1.76 bits per heavy atom. The Balaban J connectivity index is 0. The number of carbonyl (C=O) groups is 3. The van der Waals surface area contributed by atoms with Crippen LogP contribution in [0.4, 0.5) is 0 Å². The number of hydrogen-bond donors (Lipinski definition) is 2. The summed E-state index contributed by atoms with van der Waals surface area (Å²) in [6.45, 7) is 12.8. The molecule has 0 aliphatic rings. The molecule has 0 heterocycles. The molecular formula is C18H28NaO9S. The van der Waals surface area contributed by atoms with Crippen LogP contribution in [0.1, 0.15) is 39.5 Å². The molecule has 0 aliphatic heterocycles. The van der Waals surface area contributed by atoms with E-state index in [4.69, 9.17) is 14.6 Å². The van der Waals surface area contributed by atoms with Crippen molar-refractivity contribution >= 4 is 57.6 Å². The number of carboxylic acids is 1. The van der Waals surface area contributed by atoms with Gasteiger partial charge in [0.1, 0.15) is 12.2 Å². The summed E-state index contributed by atoms with van der Waals surface area (Å²) in [7, 11) is -4.75. The number of carbonyl (C=O) groups excluding carboxylic acids is 2. The van der Waals surface area contributed by atoms with Gasteiger partial charge in [0, 0.05) is 18.6 Å². The van der Waals surface area contributed by atoms with E-state index in [-0.39, 0.29) is 55.2 Å². The van der Waals surface area contributed by atoms with Crippen LogP contribution < -0.4 is 0 Å². The molecule has 3 atom stereocenters. The van der Waals surface area contributed by atoms with E-state index < -0.39 is 50.9 Å². The molecule has 0 aromatic rings. The van der Waals surface area contributed by atoms with Crippen LogP contribution in [0.15, 0.2) is 25.3 Å². The first-order chi connectivity index (χ1) is 12.8. The second-order valence-electron chi connectivity index (χ2n) is 6.28. The Bertz CT molecular complexity index is 674. The second-order valence-corrected chi connectivity index (χ2v) is 7.88. The van der Waals surface area contributed by atoms with E-state index >= 15 is 0 Å². The number of unbranched alkanes of at least 4 members (excludes halogenated alkanes) is 1. The molecule has 161 valence electrons. The van der Waals surface area contributed by atoms with Gasteiger partial charge >= 0.3 is 47.5 Å². The fraction of sp³-hybridized carbons (Fsp3) is 0.556. The number of hydrogen-bond acceptors (Lipinski definition) is 7. The Morgan fingerprint density at radius 2 is 1.45 bits per heavy atom. The standard InChI is InChI=1S/C18H27O9S.Na.H/c1-6-16(21)26-12(3)18(14(5)28(23,24)25,11-9-8-10-15(19)20)13(4)27-17(22)7-2;;/h6-7,12-14H,1-2,5,8-11H2,3-4H3,(H,19,20)(H,23,24,25);;. The molecule has 0 saturated carbocycles. The van der Waals surface area contributed by atoms with Crippen LogP contribution in [0.3, 0.4) is 0 Å². The van der Waals surface area contributed by atoms with Crippen molar-refractivity contribution in [2.75, 3.05) is 0 Å². The minimum absolute atomic E-state index is 0. The van der Waals surface area contributed by atoms with Crippen molar-refractivity contribution < 1.29 is 41.9 Å². The number of aliphatic carboxylic acids is 1. The SMILES string of the molecule is [CH2]C(C(CCCCC(=O)O)(C(C)OC(=O)C=C)C(C)OC(=O)C=C)S(=O)(=O)O.[NaH]. The second kappa shape index (κ2) is 13.2. The monoisotopic (exact) mass is 443 g/mol. The van der Waals surface area contributed by atoms with Crippen LogP contribution in [0.5, 0.6) is 0 Å². The summed E-state index contributed by atoms with van der Waals surface area (Å²) in [5, 5.41) is 7.05. The molecule has 0 rings (SSSR count). The average Bonchev–Trinajstić information content (AvgIpc) is 2.59. The van der Waals surface area contributed by atoms with Gasteiger partial charge in [-0.1, -0.05) is 19.6 Å². The summed E-state index contributed by atoms with van der Waals surface area (Å²) < 4.78 is 43.9. The third-order valence-electron chi connectivity index (χ3n) is 4.64. The van der Waals surface area contributed by atoms with Crippen molar-refractivity contribution in [3.05, 3.63) is 32.2 Å². The average molecular weight is 443 g/mol. The van der Waals surface area contributed by atoms with E-state index in [1.165, 1.54) is 13.8 Å². The number of rotatable bonds is 13. The molecule has 0 fully saturated rings. The Morgan fingerprint density at radius 1 is 1.03 bits per heavy atom. The summed E-state index contributed by atoms with van der Waals surface area (Å²) >= 11 is 0. The van der Waals surface area contributed by atoms with Gasteiger partial charge in [0.25, 0.3) is 10.1 Å². The topological polar surface area (TPSA) is 144 Å². The van der Waals surface area contributed by atoms with Crippen molar-refractivity contribution in [3.63, 3.8) is 0 Å².